The average molecular weight is 265 g/mol. The van der Waals surface area contributed by atoms with E-state index in [-0.39, 0.29) is 0 Å². The highest BCUT2D eigenvalue weighted by Crippen LogP contribution is 2.17. The van der Waals surface area contributed by atoms with Crippen molar-refractivity contribution in [2.24, 2.45) is 0 Å². The molecule has 0 unspecified atom stereocenters. The second-order valence-electron chi connectivity index (χ2n) is 1.93. The zero-order valence-corrected chi connectivity index (χ0v) is 8.29. The van der Waals surface area contributed by atoms with Gasteiger partial charge in [0.05, 0.1) is 0 Å². The molecule has 0 aromatic carbocycles. The van der Waals surface area contributed by atoms with E-state index >= 15 is 0 Å². The Morgan fingerprint density at radius 3 is 3.00 bits per heavy atom. The van der Waals surface area contributed by atoms with Crippen molar-refractivity contribution in [1.82, 2.24) is 4.98 Å². The van der Waals surface area contributed by atoms with Crippen molar-refractivity contribution in [3.05, 3.63) is 22.1 Å². The number of halogens is 1. The van der Waals surface area contributed by atoms with E-state index in [9.17, 15) is 0 Å². The Morgan fingerprint density at radius 2 is 2.55 bits per heavy atom. The van der Waals surface area contributed by atoms with Crippen LogP contribution < -0.4 is 4.74 Å². The van der Waals surface area contributed by atoms with E-state index in [1.807, 2.05) is 6.92 Å². The molecule has 3 nitrogen and oxygen atoms in total. The molecule has 0 radical (unpaired) electrons. The first-order chi connectivity index (χ1) is 5.24. The lowest BCUT2D eigenvalue weighted by Gasteiger charge is -1.92. The number of aryl methyl sites for hydroxylation is 1. The second kappa shape index (κ2) is 3.75. The van der Waals surface area contributed by atoms with Gasteiger partial charge in [-0.3, -0.25) is 0 Å². The molecule has 0 aliphatic rings. The topological polar surface area (TPSA) is 35.3 Å². The molecular formula is C7H8INO2. The van der Waals surface area contributed by atoms with E-state index in [4.69, 9.17) is 9.15 Å². The fraction of sp³-hybridized carbons (Fsp3) is 0.286. The minimum atomic E-state index is 0.312. The molecule has 0 saturated heterocycles. The third-order valence-corrected chi connectivity index (χ3v) is 2.05. The summed E-state index contributed by atoms with van der Waals surface area (Å²) in [7, 11) is 0. The zero-order valence-electron chi connectivity index (χ0n) is 6.13. The van der Waals surface area contributed by atoms with Gasteiger partial charge >= 0.3 is 6.08 Å². The van der Waals surface area contributed by atoms with Gasteiger partial charge in [0.1, 0.15) is 16.1 Å². The van der Waals surface area contributed by atoms with E-state index in [1.165, 1.54) is 0 Å². The molecule has 0 aliphatic carbocycles. The van der Waals surface area contributed by atoms with Crippen LogP contribution in [0.5, 0.6) is 6.08 Å². The molecule has 0 saturated carbocycles. The maximum absolute atomic E-state index is 5.13. The number of oxazole rings is 1. The third kappa shape index (κ3) is 2.21. The highest BCUT2D eigenvalue weighted by molar-refractivity contribution is 14.1. The van der Waals surface area contributed by atoms with Crippen molar-refractivity contribution in [1.29, 1.82) is 0 Å². The summed E-state index contributed by atoms with van der Waals surface area (Å²) in [6, 6.07) is 0. The second-order valence-corrected chi connectivity index (χ2v) is 2.95. The molecule has 0 fully saturated rings. The smallest absolute Gasteiger partial charge is 0.395 e. The molecule has 1 aromatic heterocycles. The SMILES string of the molecule is C=CCOc1nc(I)c(C)o1. The van der Waals surface area contributed by atoms with Crippen LogP contribution in [0.25, 0.3) is 0 Å². The Labute approximate surface area is 78.6 Å². The van der Waals surface area contributed by atoms with Crippen LogP contribution in [0.15, 0.2) is 17.1 Å². The van der Waals surface area contributed by atoms with Gasteiger partial charge in [-0.2, -0.15) is 4.98 Å². The van der Waals surface area contributed by atoms with Gasteiger partial charge in [0.15, 0.2) is 0 Å². The minimum absolute atomic E-state index is 0.312. The number of hydrogen-bond acceptors (Lipinski definition) is 3. The summed E-state index contributed by atoms with van der Waals surface area (Å²) < 4.78 is 11.0. The van der Waals surface area contributed by atoms with E-state index in [0.29, 0.717) is 12.7 Å². The maximum Gasteiger partial charge on any atom is 0.395 e. The summed E-state index contributed by atoms with van der Waals surface area (Å²) in [5.74, 6) is 0.782. The summed E-state index contributed by atoms with van der Waals surface area (Å²) in [4.78, 5) is 4.00. The van der Waals surface area contributed by atoms with E-state index in [0.717, 1.165) is 9.46 Å². The molecule has 1 rings (SSSR count). The van der Waals surface area contributed by atoms with Crippen molar-refractivity contribution < 1.29 is 9.15 Å². The number of aromatic nitrogens is 1. The number of hydrogen-bond donors (Lipinski definition) is 0. The predicted octanol–water partition coefficient (Wildman–Crippen LogP) is 2.15. The minimum Gasteiger partial charge on any atom is -0.446 e. The molecule has 0 amide bonds. The van der Waals surface area contributed by atoms with Crippen LogP contribution in [0.3, 0.4) is 0 Å². The zero-order chi connectivity index (χ0) is 8.27. The Bertz CT molecular complexity index is 237. The molecule has 1 aromatic rings. The summed E-state index contributed by atoms with van der Waals surface area (Å²) >= 11 is 2.09. The van der Waals surface area contributed by atoms with Crippen LogP contribution in [0.1, 0.15) is 5.76 Å². The summed E-state index contributed by atoms with van der Waals surface area (Å²) in [6.07, 6.45) is 1.96. The monoisotopic (exact) mass is 265 g/mol. The number of rotatable bonds is 3. The van der Waals surface area contributed by atoms with E-state index < -0.39 is 0 Å². The lowest BCUT2D eigenvalue weighted by atomic mass is 10.6. The predicted molar refractivity (Wildman–Crippen MR) is 49.6 cm³/mol. The standard InChI is InChI=1S/C7H8INO2/c1-3-4-10-7-9-6(8)5(2)11-7/h3H,1,4H2,2H3. The molecule has 0 aliphatic heterocycles. The molecule has 0 atom stereocenters. The number of nitrogens with zero attached hydrogens (tertiary/aromatic N) is 1. The normalized spacial score (nSPS) is 9.64. The largest absolute Gasteiger partial charge is 0.446 e. The molecule has 60 valence electrons. The van der Waals surface area contributed by atoms with E-state index in [1.54, 1.807) is 6.08 Å². The Hall–Kier alpha value is -0.520. The van der Waals surface area contributed by atoms with Crippen LogP contribution in [0.2, 0.25) is 0 Å². The van der Waals surface area contributed by atoms with Gasteiger partial charge in [-0.05, 0) is 29.5 Å². The molecule has 4 heteroatoms. The lowest BCUT2D eigenvalue weighted by Crippen LogP contribution is -1.92. The highest BCUT2D eigenvalue weighted by Gasteiger charge is 2.05. The van der Waals surface area contributed by atoms with Gasteiger partial charge < -0.3 is 9.15 Å². The van der Waals surface area contributed by atoms with Crippen LogP contribution in [0, 0.1) is 10.6 Å². The van der Waals surface area contributed by atoms with Crippen molar-refractivity contribution in [2.75, 3.05) is 6.61 Å². The molecule has 11 heavy (non-hydrogen) atoms. The lowest BCUT2D eigenvalue weighted by molar-refractivity contribution is 0.254. The fourth-order valence-electron chi connectivity index (χ4n) is 0.547. The Morgan fingerprint density at radius 1 is 1.82 bits per heavy atom. The van der Waals surface area contributed by atoms with Crippen LogP contribution in [-0.4, -0.2) is 11.6 Å². The molecular weight excluding hydrogens is 257 g/mol. The van der Waals surface area contributed by atoms with Crippen LogP contribution in [-0.2, 0) is 0 Å². The van der Waals surface area contributed by atoms with Gasteiger partial charge in [-0.25, -0.2) is 0 Å². The Balaban J connectivity index is 2.64. The van der Waals surface area contributed by atoms with Gasteiger partial charge in [-0.15, -0.1) is 0 Å². The van der Waals surface area contributed by atoms with Gasteiger partial charge in [0.25, 0.3) is 0 Å². The molecule has 0 spiro atoms. The Kier molecular flexibility index (Phi) is 2.92. The number of ether oxygens (including phenoxy) is 1. The van der Waals surface area contributed by atoms with Crippen LogP contribution in [0.4, 0.5) is 0 Å². The third-order valence-electron chi connectivity index (χ3n) is 1.05. The first kappa shape index (κ1) is 8.58. The highest BCUT2D eigenvalue weighted by atomic mass is 127. The van der Waals surface area contributed by atoms with Gasteiger partial charge in [0.2, 0.25) is 0 Å². The fourth-order valence-corrected chi connectivity index (χ4v) is 0.854. The van der Waals surface area contributed by atoms with E-state index in [2.05, 4.69) is 34.2 Å². The summed E-state index contributed by atoms with van der Waals surface area (Å²) in [5.41, 5.74) is 0. The first-order valence-corrected chi connectivity index (χ1v) is 4.18. The van der Waals surface area contributed by atoms with Crippen LogP contribution >= 0.6 is 22.6 Å². The quantitative estimate of drug-likeness (QED) is 0.620. The molecule has 1 heterocycles. The molecule has 0 N–H and O–H groups in total. The summed E-state index contributed by atoms with van der Waals surface area (Å²) in [6.45, 7) is 5.78. The molecule has 0 bridgehead atoms. The van der Waals surface area contributed by atoms with Gasteiger partial charge in [0, 0.05) is 0 Å². The first-order valence-electron chi connectivity index (χ1n) is 3.10. The summed E-state index contributed by atoms with van der Waals surface area (Å²) in [5, 5.41) is 0. The van der Waals surface area contributed by atoms with Crippen molar-refractivity contribution in [3.8, 4) is 6.08 Å². The van der Waals surface area contributed by atoms with Crippen molar-refractivity contribution in [3.63, 3.8) is 0 Å². The van der Waals surface area contributed by atoms with Crippen molar-refractivity contribution in [2.45, 2.75) is 6.92 Å². The average Bonchev–Trinajstić information content (AvgIpc) is 2.28. The van der Waals surface area contributed by atoms with Gasteiger partial charge in [-0.1, -0.05) is 12.7 Å². The van der Waals surface area contributed by atoms with Crippen molar-refractivity contribution >= 4 is 22.6 Å². The maximum atomic E-state index is 5.13.